The monoisotopic (exact) mass is 499 g/mol. The van der Waals surface area contributed by atoms with Gasteiger partial charge in [0.05, 0.1) is 30.0 Å². The molecule has 1 amide bonds. The van der Waals surface area contributed by atoms with Gasteiger partial charge in [-0.05, 0) is 37.1 Å². The van der Waals surface area contributed by atoms with Gasteiger partial charge in [-0.25, -0.2) is 8.42 Å². The third kappa shape index (κ3) is 6.17. The molecule has 0 spiro atoms. The lowest BCUT2D eigenvalue weighted by Crippen LogP contribution is -2.40. The molecular formula is C19H25N5O5S3. The van der Waals surface area contributed by atoms with Crippen LogP contribution >= 0.6 is 23.1 Å². The van der Waals surface area contributed by atoms with E-state index in [4.69, 9.17) is 9.47 Å². The van der Waals surface area contributed by atoms with E-state index in [-0.39, 0.29) is 22.7 Å². The maximum absolute atomic E-state index is 12.7. The van der Waals surface area contributed by atoms with Crippen LogP contribution in [0.25, 0.3) is 0 Å². The molecule has 2 N–H and O–H groups in total. The zero-order chi connectivity index (χ0) is 22.4. The number of thioether (sulfide) groups is 1. The van der Waals surface area contributed by atoms with E-state index in [9.17, 15) is 13.2 Å². The van der Waals surface area contributed by atoms with Crippen LogP contribution < -0.4 is 10.6 Å². The molecule has 2 aliphatic rings. The number of hydrogen-bond acceptors (Lipinski definition) is 10. The number of ether oxygens (including phenoxy) is 2. The second kappa shape index (κ2) is 10.9. The molecule has 0 radical (unpaired) electrons. The topological polar surface area (TPSA) is 123 Å². The summed E-state index contributed by atoms with van der Waals surface area (Å²) in [6, 6.07) is 6.19. The van der Waals surface area contributed by atoms with Gasteiger partial charge in [0.1, 0.15) is 0 Å². The van der Waals surface area contributed by atoms with Crippen molar-refractivity contribution < 1.29 is 22.7 Å². The van der Waals surface area contributed by atoms with Crippen LogP contribution in [-0.2, 0) is 24.3 Å². The summed E-state index contributed by atoms with van der Waals surface area (Å²) in [6.45, 7) is 2.99. The molecule has 13 heteroatoms. The smallest absolute Gasteiger partial charge is 0.243 e. The molecule has 1 aromatic carbocycles. The molecule has 1 atom stereocenters. The Kier molecular flexibility index (Phi) is 7.97. The number of morpholine rings is 1. The maximum atomic E-state index is 12.7. The third-order valence-corrected chi connectivity index (χ3v) is 8.91. The third-order valence-electron chi connectivity index (χ3n) is 4.98. The number of sulfonamides is 1. The highest BCUT2D eigenvalue weighted by Crippen LogP contribution is 2.26. The number of rotatable bonds is 9. The molecule has 0 unspecified atom stereocenters. The summed E-state index contributed by atoms with van der Waals surface area (Å²) < 4.78 is 38.2. The Bertz CT molecular complexity index is 1000. The van der Waals surface area contributed by atoms with Crippen molar-refractivity contribution in [1.82, 2.24) is 14.5 Å². The predicted octanol–water partition coefficient (Wildman–Crippen LogP) is 1.88. The van der Waals surface area contributed by atoms with Crippen LogP contribution in [0.15, 0.2) is 33.5 Å². The quantitative estimate of drug-likeness (QED) is 0.498. The molecule has 1 aromatic heterocycles. The summed E-state index contributed by atoms with van der Waals surface area (Å²) in [5.41, 5.74) is 0.535. The van der Waals surface area contributed by atoms with E-state index < -0.39 is 10.0 Å². The summed E-state index contributed by atoms with van der Waals surface area (Å²) in [5, 5.41) is 14.9. The fourth-order valence-electron chi connectivity index (χ4n) is 3.32. The molecular weight excluding hydrogens is 474 g/mol. The Labute approximate surface area is 195 Å². The first-order valence-corrected chi connectivity index (χ1v) is 13.5. The van der Waals surface area contributed by atoms with Crippen LogP contribution in [0.2, 0.25) is 0 Å². The van der Waals surface area contributed by atoms with Gasteiger partial charge in [0.2, 0.25) is 21.1 Å². The van der Waals surface area contributed by atoms with Crippen LogP contribution in [0.1, 0.15) is 12.8 Å². The minimum atomic E-state index is -3.55. The normalized spacial score (nSPS) is 19.7. The van der Waals surface area contributed by atoms with Crippen molar-refractivity contribution in [3.05, 3.63) is 24.3 Å². The zero-order valence-corrected chi connectivity index (χ0v) is 19.8. The number of nitrogens with one attached hydrogen (secondary N) is 2. The average Bonchev–Trinajstić information content (AvgIpc) is 3.49. The van der Waals surface area contributed by atoms with Crippen molar-refractivity contribution in [1.29, 1.82) is 0 Å². The van der Waals surface area contributed by atoms with Gasteiger partial charge in [-0.1, -0.05) is 23.1 Å². The number of carbonyl (C=O) groups excluding carboxylic acids is 1. The first-order chi connectivity index (χ1) is 15.5. The molecule has 2 fully saturated rings. The molecule has 0 bridgehead atoms. The highest BCUT2D eigenvalue weighted by atomic mass is 32.2. The molecule has 4 rings (SSSR count). The van der Waals surface area contributed by atoms with Gasteiger partial charge < -0.3 is 20.1 Å². The SMILES string of the molecule is O=C(CSc1nnc(NC[C@@H]2CCCO2)s1)Nc1ccc(S(=O)(=O)N2CCOCC2)cc1. The number of nitrogens with zero attached hydrogens (tertiary/aromatic N) is 3. The second-order valence-corrected chi connectivity index (χ2v) is 11.4. The van der Waals surface area contributed by atoms with Crippen LogP contribution in [0.4, 0.5) is 10.8 Å². The van der Waals surface area contributed by atoms with Crippen molar-refractivity contribution >= 4 is 49.8 Å². The molecule has 0 aliphatic carbocycles. The van der Waals surface area contributed by atoms with E-state index in [1.807, 2.05) is 0 Å². The van der Waals surface area contributed by atoms with Crippen molar-refractivity contribution in [3.8, 4) is 0 Å². The molecule has 0 saturated carbocycles. The van der Waals surface area contributed by atoms with Gasteiger partial charge >= 0.3 is 0 Å². The Balaban J connectivity index is 1.23. The fraction of sp³-hybridized carbons (Fsp3) is 0.526. The van der Waals surface area contributed by atoms with E-state index in [1.54, 1.807) is 12.1 Å². The summed E-state index contributed by atoms with van der Waals surface area (Å²) in [7, 11) is -3.55. The number of amides is 1. The first-order valence-electron chi connectivity index (χ1n) is 10.3. The number of hydrogen-bond donors (Lipinski definition) is 2. The number of anilines is 2. The lowest BCUT2D eigenvalue weighted by Gasteiger charge is -2.26. The average molecular weight is 500 g/mol. The fourth-order valence-corrected chi connectivity index (χ4v) is 6.28. The van der Waals surface area contributed by atoms with E-state index >= 15 is 0 Å². The molecule has 2 aromatic rings. The maximum Gasteiger partial charge on any atom is 0.243 e. The van der Waals surface area contributed by atoms with Crippen molar-refractivity contribution in [3.63, 3.8) is 0 Å². The van der Waals surface area contributed by atoms with Gasteiger partial charge in [0.25, 0.3) is 0 Å². The van der Waals surface area contributed by atoms with E-state index in [2.05, 4.69) is 20.8 Å². The van der Waals surface area contributed by atoms with E-state index in [1.165, 1.54) is 39.5 Å². The molecule has 2 saturated heterocycles. The van der Waals surface area contributed by atoms with Gasteiger partial charge in [-0.15, -0.1) is 10.2 Å². The van der Waals surface area contributed by atoms with Crippen molar-refractivity contribution in [2.24, 2.45) is 0 Å². The first kappa shape index (κ1) is 23.4. The van der Waals surface area contributed by atoms with Crippen LogP contribution in [0.3, 0.4) is 0 Å². The molecule has 10 nitrogen and oxygen atoms in total. The number of carbonyl (C=O) groups is 1. The minimum absolute atomic E-state index is 0.175. The van der Waals surface area contributed by atoms with E-state index in [0.717, 1.165) is 19.4 Å². The Morgan fingerprint density at radius 3 is 2.69 bits per heavy atom. The summed E-state index contributed by atoms with van der Waals surface area (Å²) in [4.78, 5) is 12.5. The molecule has 2 aliphatic heterocycles. The van der Waals surface area contributed by atoms with Crippen molar-refractivity contribution in [2.75, 3.05) is 55.8 Å². The molecule has 174 valence electrons. The van der Waals surface area contributed by atoms with Gasteiger partial charge in [-0.3, -0.25) is 4.79 Å². The standard InChI is InChI=1S/C19H25N5O5S3/c25-17(13-30-19-23-22-18(31-19)20-12-15-2-1-9-29-15)21-14-3-5-16(6-4-14)32(26,27)24-7-10-28-11-8-24/h3-6,15H,1-2,7-13H2,(H,20,22)(H,21,25)/t15-/m0/s1. The van der Waals surface area contributed by atoms with Crippen molar-refractivity contribution in [2.45, 2.75) is 28.2 Å². The summed E-state index contributed by atoms with van der Waals surface area (Å²) in [5.74, 6) is -0.0309. The summed E-state index contributed by atoms with van der Waals surface area (Å²) in [6.07, 6.45) is 2.36. The van der Waals surface area contributed by atoms with E-state index in [0.29, 0.717) is 48.0 Å². The second-order valence-electron chi connectivity index (χ2n) is 7.27. The molecule has 32 heavy (non-hydrogen) atoms. The highest BCUT2D eigenvalue weighted by Gasteiger charge is 2.26. The Hall–Kier alpha value is -1.77. The highest BCUT2D eigenvalue weighted by molar-refractivity contribution is 8.01. The van der Waals surface area contributed by atoms with Crippen LogP contribution in [0.5, 0.6) is 0 Å². The Morgan fingerprint density at radius 2 is 1.97 bits per heavy atom. The van der Waals surface area contributed by atoms with Crippen LogP contribution in [-0.4, -0.2) is 80.1 Å². The van der Waals surface area contributed by atoms with Crippen LogP contribution in [0, 0.1) is 0 Å². The minimum Gasteiger partial charge on any atom is -0.379 e. The number of benzene rings is 1. The lowest BCUT2D eigenvalue weighted by atomic mass is 10.2. The van der Waals surface area contributed by atoms with Gasteiger partial charge in [0.15, 0.2) is 4.34 Å². The summed E-state index contributed by atoms with van der Waals surface area (Å²) >= 11 is 2.70. The van der Waals surface area contributed by atoms with Gasteiger partial charge in [-0.2, -0.15) is 4.31 Å². The largest absolute Gasteiger partial charge is 0.379 e. The zero-order valence-electron chi connectivity index (χ0n) is 17.4. The molecule has 3 heterocycles. The lowest BCUT2D eigenvalue weighted by molar-refractivity contribution is -0.113. The van der Waals surface area contributed by atoms with Gasteiger partial charge in [0, 0.05) is 31.9 Å². The number of aromatic nitrogens is 2. The Morgan fingerprint density at radius 1 is 1.19 bits per heavy atom. The predicted molar refractivity (Wildman–Crippen MR) is 123 cm³/mol.